The second-order valence-electron chi connectivity index (χ2n) is 3.77. The Labute approximate surface area is 100 Å². The highest BCUT2D eigenvalue weighted by atomic mass is 32.2. The van der Waals surface area contributed by atoms with E-state index in [0.717, 1.165) is 0 Å². The number of benzene rings is 1. The molecule has 2 rings (SSSR count). The minimum absolute atomic E-state index is 0.154. The molecule has 0 radical (unpaired) electrons. The Morgan fingerprint density at radius 1 is 1.33 bits per heavy atom. The third-order valence-corrected chi connectivity index (χ3v) is 3.08. The molecule has 1 N–H and O–H groups in total. The van der Waals surface area contributed by atoms with E-state index in [4.69, 9.17) is 0 Å². The molecule has 0 saturated heterocycles. The van der Waals surface area contributed by atoms with Crippen LogP contribution < -0.4 is 4.72 Å². The summed E-state index contributed by atoms with van der Waals surface area (Å²) in [6, 6.07) is -2.16. The van der Waals surface area contributed by atoms with Gasteiger partial charge in [0.25, 0.3) is 5.92 Å². The van der Waals surface area contributed by atoms with Crippen LogP contribution in [0.5, 0.6) is 0 Å². The van der Waals surface area contributed by atoms with Gasteiger partial charge in [-0.25, -0.2) is 26.7 Å². The lowest BCUT2D eigenvalue weighted by atomic mass is 10.1. The van der Waals surface area contributed by atoms with E-state index in [0.29, 0.717) is 0 Å². The number of halogens is 5. The fraction of sp³-hybridized carbons (Fsp3) is 0.333. The summed E-state index contributed by atoms with van der Waals surface area (Å²) in [7, 11) is 0. The van der Waals surface area contributed by atoms with Gasteiger partial charge in [0.15, 0.2) is 11.6 Å². The maximum Gasteiger partial charge on any atom is 0.272 e. The van der Waals surface area contributed by atoms with Crippen LogP contribution in [0.15, 0.2) is 6.07 Å². The highest BCUT2D eigenvalue weighted by molar-refractivity contribution is 7.77. The fourth-order valence-electron chi connectivity index (χ4n) is 1.92. The molecule has 1 aromatic carbocycles. The SMILES string of the molecule is O=S([O-])NC1c2c(F)c(F)cc(F)c2CC1(F)F. The first-order valence-corrected chi connectivity index (χ1v) is 5.71. The average Bonchev–Trinajstić information content (AvgIpc) is 2.48. The molecule has 0 aliphatic heterocycles. The number of alkyl halides is 2. The zero-order valence-electron chi connectivity index (χ0n) is 8.48. The summed E-state index contributed by atoms with van der Waals surface area (Å²) in [6.45, 7) is 0. The molecule has 0 amide bonds. The van der Waals surface area contributed by atoms with Crippen LogP contribution in [0.25, 0.3) is 0 Å². The van der Waals surface area contributed by atoms with E-state index in [-0.39, 0.29) is 6.07 Å². The largest absolute Gasteiger partial charge is 0.760 e. The van der Waals surface area contributed by atoms with Crippen molar-refractivity contribution >= 4 is 11.3 Å². The molecule has 2 unspecified atom stereocenters. The van der Waals surface area contributed by atoms with Crippen molar-refractivity contribution < 1.29 is 30.7 Å². The second kappa shape index (κ2) is 4.25. The van der Waals surface area contributed by atoms with Gasteiger partial charge in [-0.15, -0.1) is 0 Å². The lowest BCUT2D eigenvalue weighted by molar-refractivity contribution is -0.0198. The van der Waals surface area contributed by atoms with Gasteiger partial charge >= 0.3 is 0 Å². The summed E-state index contributed by atoms with van der Waals surface area (Å²) in [5.41, 5.74) is -1.71. The van der Waals surface area contributed by atoms with Gasteiger partial charge in [-0.05, 0) is 0 Å². The van der Waals surface area contributed by atoms with Gasteiger partial charge in [0.2, 0.25) is 0 Å². The lowest BCUT2D eigenvalue weighted by Gasteiger charge is -2.22. The van der Waals surface area contributed by atoms with E-state index >= 15 is 0 Å². The first-order chi connectivity index (χ1) is 8.24. The summed E-state index contributed by atoms with van der Waals surface area (Å²) >= 11 is -3.12. The number of hydrogen-bond donors (Lipinski definition) is 1. The standard InChI is InChI=1S/C9H6F5NO2S/c10-4-1-5(11)7(12)6-3(4)2-9(13,14)8(6)15-18(16)17/h1,8,15H,2H2,(H,16,17)/p-1. The average molecular weight is 286 g/mol. The number of hydrogen-bond acceptors (Lipinski definition) is 2. The molecule has 0 aromatic heterocycles. The van der Waals surface area contributed by atoms with Gasteiger partial charge in [-0.3, -0.25) is 4.21 Å². The zero-order chi connectivity index (χ0) is 13.7. The Kier molecular flexibility index (Phi) is 3.16. The van der Waals surface area contributed by atoms with Gasteiger partial charge in [0.05, 0.1) is 0 Å². The predicted octanol–water partition coefficient (Wildman–Crippen LogP) is 1.72. The lowest BCUT2D eigenvalue weighted by Crippen LogP contribution is -2.35. The molecule has 1 aromatic rings. The molecule has 0 bridgehead atoms. The van der Waals surface area contributed by atoms with E-state index in [9.17, 15) is 30.7 Å². The quantitative estimate of drug-likeness (QED) is 0.511. The molecule has 0 spiro atoms. The molecule has 9 heteroatoms. The van der Waals surface area contributed by atoms with Crippen molar-refractivity contribution in [1.29, 1.82) is 0 Å². The van der Waals surface area contributed by atoms with E-state index in [1.807, 2.05) is 0 Å². The van der Waals surface area contributed by atoms with Crippen LogP contribution >= 0.6 is 0 Å². The second-order valence-corrected chi connectivity index (χ2v) is 4.47. The Hall–Kier alpha value is -1.06. The first kappa shape index (κ1) is 13.4. The van der Waals surface area contributed by atoms with Gasteiger partial charge in [0, 0.05) is 34.9 Å². The van der Waals surface area contributed by atoms with Crippen LogP contribution in [0, 0.1) is 17.5 Å². The van der Waals surface area contributed by atoms with Crippen molar-refractivity contribution in [2.24, 2.45) is 0 Å². The molecule has 0 saturated carbocycles. The van der Waals surface area contributed by atoms with Crippen LogP contribution in [-0.4, -0.2) is 14.7 Å². The van der Waals surface area contributed by atoms with Crippen molar-refractivity contribution in [3.8, 4) is 0 Å². The Morgan fingerprint density at radius 2 is 1.94 bits per heavy atom. The topological polar surface area (TPSA) is 52.2 Å². The van der Waals surface area contributed by atoms with Crippen LogP contribution in [0.2, 0.25) is 0 Å². The Balaban J connectivity index is 2.62. The molecular formula is C9H5F5NO2S-. The zero-order valence-corrected chi connectivity index (χ0v) is 9.29. The van der Waals surface area contributed by atoms with E-state index in [1.54, 1.807) is 0 Å². The van der Waals surface area contributed by atoms with Gasteiger partial charge < -0.3 is 4.55 Å². The summed E-state index contributed by atoms with van der Waals surface area (Å²) in [5, 5.41) is 0. The molecular weight excluding hydrogens is 281 g/mol. The van der Waals surface area contributed by atoms with Crippen molar-refractivity contribution in [1.82, 2.24) is 4.72 Å². The van der Waals surface area contributed by atoms with Crippen molar-refractivity contribution in [3.63, 3.8) is 0 Å². The third-order valence-electron chi connectivity index (χ3n) is 2.65. The molecule has 100 valence electrons. The summed E-state index contributed by atoms with van der Waals surface area (Å²) < 4.78 is 88.7. The normalized spacial score (nSPS) is 22.9. The minimum atomic E-state index is -3.72. The number of rotatable bonds is 2. The molecule has 0 fully saturated rings. The first-order valence-electron chi connectivity index (χ1n) is 4.63. The summed E-state index contributed by atoms with van der Waals surface area (Å²) in [4.78, 5) is 0. The molecule has 1 aliphatic carbocycles. The highest BCUT2D eigenvalue weighted by Crippen LogP contribution is 2.45. The Morgan fingerprint density at radius 3 is 2.50 bits per heavy atom. The van der Waals surface area contributed by atoms with Gasteiger partial charge in [-0.1, -0.05) is 0 Å². The molecule has 1 aliphatic rings. The maximum atomic E-state index is 13.5. The van der Waals surface area contributed by atoms with Crippen LogP contribution in [0.4, 0.5) is 22.0 Å². The van der Waals surface area contributed by atoms with Crippen LogP contribution in [0.1, 0.15) is 17.2 Å². The molecule has 3 nitrogen and oxygen atoms in total. The van der Waals surface area contributed by atoms with Crippen LogP contribution in [-0.2, 0) is 17.7 Å². The van der Waals surface area contributed by atoms with Crippen LogP contribution in [0.3, 0.4) is 0 Å². The number of fused-ring (bicyclic) bond motifs is 1. The molecule has 0 heterocycles. The monoisotopic (exact) mass is 286 g/mol. The third kappa shape index (κ3) is 2.02. The Bertz CT molecular complexity index is 536. The van der Waals surface area contributed by atoms with Gasteiger partial charge in [0.1, 0.15) is 11.9 Å². The molecule has 18 heavy (non-hydrogen) atoms. The summed E-state index contributed by atoms with van der Waals surface area (Å²) in [6.07, 6.45) is -1.19. The van der Waals surface area contributed by atoms with Crippen molar-refractivity contribution in [2.75, 3.05) is 0 Å². The summed E-state index contributed by atoms with van der Waals surface area (Å²) in [5.74, 6) is -8.37. The minimum Gasteiger partial charge on any atom is -0.760 e. The maximum absolute atomic E-state index is 13.5. The van der Waals surface area contributed by atoms with Gasteiger partial charge in [-0.2, -0.15) is 0 Å². The van der Waals surface area contributed by atoms with Crippen molar-refractivity contribution in [3.05, 3.63) is 34.6 Å². The van der Waals surface area contributed by atoms with E-state index in [1.165, 1.54) is 4.72 Å². The molecule has 2 atom stereocenters. The van der Waals surface area contributed by atoms with E-state index < -0.39 is 58.2 Å². The van der Waals surface area contributed by atoms with E-state index in [2.05, 4.69) is 0 Å². The number of nitrogens with one attached hydrogen (secondary N) is 1. The smallest absolute Gasteiger partial charge is 0.272 e. The predicted molar refractivity (Wildman–Crippen MR) is 49.8 cm³/mol. The highest BCUT2D eigenvalue weighted by Gasteiger charge is 2.51. The van der Waals surface area contributed by atoms with Crippen molar-refractivity contribution in [2.45, 2.75) is 18.4 Å². The fourth-order valence-corrected chi connectivity index (χ4v) is 2.41.